The molecule has 0 heterocycles. The molecule has 0 fully saturated rings. The second-order valence-corrected chi connectivity index (χ2v) is 4.85. The second kappa shape index (κ2) is 7.31. The molecule has 0 atom stereocenters. The molecule has 0 saturated heterocycles. The maximum absolute atomic E-state index is 14.2. The third-order valence-electron chi connectivity index (χ3n) is 3.26. The lowest BCUT2D eigenvalue weighted by atomic mass is 10.0. The molecule has 0 radical (unpaired) electrons. The van der Waals surface area contributed by atoms with Crippen molar-refractivity contribution in [2.24, 2.45) is 0 Å². The first-order chi connectivity index (χ1) is 10.6. The number of ether oxygens (including phenoxy) is 2. The third-order valence-corrected chi connectivity index (χ3v) is 3.26. The minimum atomic E-state index is -0.962. The van der Waals surface area contributed by atoms with E-state index in [1.807, 2.05) is 6.92 Å². The number of hydrogen-bond acceptors (Lipinski definition) is 2. The van der Waals surface area contributed by atoms with Gasteiger partial charge in [-0.25, -0.2) is 13.2 Å². The summed E-state index contributed by atoms with van der Waals surface area (Å²) in [5.74, 6) is -2.50. The zero-order valence-electron chi connectivity index (χ0n) is 12.5. The van der Waals surface area contributed by atoms with Crippen LogP contribution in [0.3, 0.4) is 0 Å². The molecule has 5 heteroatoms. The van der Waals surface area contributed by atoms with E-state index in [4.69, 9.17) is 4.74 Å². The van der Waals surface area contributed by atoms with E-state index in [9.17, 15) is 13.2 Å². The van der Waals surface area contributed by atoms with E-state index < -0.39 is 17.5 Å². The number of aryl methyl sites for hydroxylation is 1. The van der Waals surface area contributed by atoms with Gasteiger partial charge in [0, 0.05) is 12.7 Å². The maximum Gasteiger partial charge on any atom is 0.188 e. The molecule has 2 aromatic rings. The molecule has 0 aromatic heterocycles. The first-order valence-corrected chi connectivity index (χ1v) is 6.97. The standard InChI is InChI=1S/C17H17F3O2/c1-3-4-11-5-7-13(17(20)16(11)19)12-6-8-15(14(18)9-12)22-10-21-2/h5-9H,3-4,10H2,1-2H3. The summed E-state index contributed by atoms with van der Waals surface area (Å²) in [6.45, 7) is 1.80. The average molecular weight is 310 g/mol. The second-order valence-electron chi connectivity index (χ2n) is 4.85. The fraction of sp³-hybridized carbons (Fsp3) is 0.294. The van der Waals surface area contributed by atoms with Crippen molar-refractivity contribution in [3.8, 4) is 16.9 Å². The molecular weight excluding hydrogens is 293 g/mol. The summed E-state index contributed by atoms with van der Waals surface area (Å²) < 4.78 is 51.7. The highest BCUT2D eigenvalue weighted by Crippen LogP contribution is 2.30. The Bertz CT molecular complexity index is 657. The summed E-state index contributed by atoms with van der Waals surface area (Å²) in [7, 11) is 1.42. The highest BCUT2D eigenvalue weighted by Gasteiger charge is 2.15. The lowest BCUT2D eigenvalue weighted by Gasteiger charge is -2.10. The Kier molecular flexibility index (Phi) is 5.44. The summed E-state index contributed by atoms with van der Waals surface area (Å²) >= 11 is 0. The molecule has 0 amide bonds. The Morgan fingerprint density at radius 2 is 1.77 bits per heavy atom. The third kappa shape index (κ3) is 3.42. The largest absolute Gasteiger partial charge is 0.464 e. The number of halogens is 3. The van der Waals surface area contributed by atoms with E-state index in [0.29, 0.717) is 12.0 Å². The summed E-state index contributed by atoms with van der Waals surface area (Å²) in [6.07, 6.45) is 1.18. The van der Waals surface area contributed by atoms with Gasteiger partial charge >= 0.3 is 0 Å². The monoisotopic (exact) mass is 310 g/mol. The molecule has 0 bridgehead atoms. The maximum atomic E-state index is 14.2. The number of methoxy groups -OCH3 is 1. The molecule has 0 aliphatic carbocycles. The molecule has 0 aliphatic rings. The molecule has 2 nitrogen and oxygen atoms in total. The lowest BCUT2D eigenvalue weighted by Crippen LogP contribution is -2.01. The van der Waals surface area contributed by atoms with Crippen LogP contribution in [-0.2, 0) is 11.2 Å². The van der Waals surface area contributed by atoms with Crippen molar-refractivity contribution in [1.82, 2.24) is 0 Å². The van der Waals surface area contributed by atoms with Gasteiger partial charge in [0.05, 0.1) is 0 Å². The van der Waals surface area contributed by atoms with Crippen LogP contribution in [0.2, 0.25) is 0 Å². The van der Waals surface area contributed by atoms with E-state index in [0.717, 1.165) is 12.5 Å². The smallest absolute Gasteiger partial charge is 0.188 e. The van der Waals surface area contributed by atoms with Crippen molar-refractivity contribution in [3.05, 3.63) is 53.3 Å². The van der Waals surface area contributed by atoms with Crippen molar-refractivity contribution in [1.29, 1.82) is 0 Å². The van der Waals surface area contributed by atoms with Gasteiger partial charge in [0.1, 0.15) is 0 Å². The Hall–Kier alpha value is -2.01. The van der Waals surface area contributed by atoms with Crippen molar-refractivity contribution in [2.45, 2.75) is 19.8 Å². The molecule has 0 spiro atoms. The van der Waals surface area contributed by atoms with Crippen LogP contribution in [0.15, 0.2) is 30.3 Å². The highest BCUT2D eigenvalue weighted by molar-refractivity contribution is 5.65. The van der Waals surface area contributed by atoms with Gasteiger partial charge in [-0.2, -0.15) is 0 Å². The minimum Gasteiger partial charge on any atom is -0.464 e. The van der Waals surface area contributed by atoms with Gasteiger partial charge in [0.15, 0.2) is 30.0 Å². The summed E-state index contributed by atoms with van der Waals surface area (Å²) in [6, 6.07) is 6.95. The predicted octanol–water partition coefficient (Wildman–Crippen LogP) is 4.71. The van der Waals surface area contributed by atoms with Crippen LogP contribution in [0.25, 0.3) is 11.1 Å². The van der Waals surface area contributed by atoms with Crippen molar-refractivity contribution in [2.75, 3.05) is 13.9 Å². The molecule has 22 heavy (non-hydrogen) atoms. The Morgan fingerprint density at radius 1 is 1.00 bits per heavy atom. The molecule has 0 aliphatic heterocycles. The number of benzene rings is 2. The fourth-order valence-electron chi connectivity index (χ4n) is 2.18. The van der Waals surface area contributed by atoms with Crippen LogP contribution in [0, 0.1) is 17.5 Å². The van der Waals surface area contributed by atoms with Gasteiger partial charge in [0.2, 0.25) is 0 Å². The molecule has 0 unspecified atom stereocenters. The van der Waals surface area contributed by atoms with Gasteiger partial charge in [-0.05, 0) is 29.7 Å². The normalized spacial score (nSPS) is 10.8. The predicted molar refractivity (Wildman–Crippen MR) is 78.3 cm³/mol. The molecular formula is C17H17F3O2. The zero-order chi connectivity index (χ0) is 16.1. The minimum absolute atomic E-state index is 0.00548. The first-order valence-electron chi connectivity index (χ1n) is 6.97. The van der Waals surface area contributed by atoms with E-state index in [2.05, 4.69) is 4.74 Å². The van der Waals surface area contributed by atoms with E-state index >= 15 is 0 Å². The van der Waals surface area contributed by atoms with Crippen molar-refractivity contribution < 1.29 is 22.6 Å². The van der Waals surface area contributed by atoms with Crippen LogP contribution >= 0.6 is 0 Å². The zero-order valence-corrected chi connectivity index (χ0v) is 12.5. The fourth-order valence-corrected chi connectivity index (χ4v) is 2.18. The van der Waals surface area contributed by atoms with E-state index in [-0.39, 0.29) is 23.7 Å². The van der Waals surface area contributed by atoms with Gasteiger partial charge < -0.3 is 9.47 Å². The van der Waals surface area contributed by atoms with Crippen LogP contribution in [0.1, 0.15) is 18.9 Å². The Morgan fingerprint density at radius 3 is 2.41 bits per heavy atom. The average Bonchev–Trinajstić information content (AvgIpc) is 2.51. The van der Waals surface area contributed by atoms with Crippen LogP contribution < -0.4 is 4.74 Å². The topological polar surface area (TPSA) is 18.5 Å². The van der Waals surface area contributed by atoms with Gasteiger partial charge in [-0.15, -0.1) is 0 Å². The summed E-state index contributed by atoms with van der Waals surface area (Å²) in [4.78, 5) is 0. The quantitative estimate of drug-likeness (QED) is 0.720. The number of hydrogen-bond donors (Lipinski definition) is 0. The van der Waals surface area contributed by atoms with Gasteiger partial charge in [-0.3, -0.25) is 0 Å². The highest BCUT2D eigenvalue weighted by atomic mass is 19.2. The Labute approximate surface area is 127 Å². The lowest BCUT2D eigenvalue weighted by molar-refractivity contribution is 0.0483. The molecule has 0 N–H and O–H groups in total. The van der Waals surface area contributed by atoms with Crippen LogP contribution in [-0.4, -0.2) is 13.9 Å². The van der Waals surface area contributed by atoms with Gasteiger partial charge in [0.25, 0.3) is 0 Å². The van der Waals surface area contributed by atoms with Gasteiger partial charge in [-0.1, -0.05) is 31.5 Å². The molecule has 0 saturated carbocycles. The molecule has 2 aromatic carbocycles. The number of rotatable bonds is 6. The summed E-state index contributed by atoms with van der Waals surface area (Å²) in [5.41, 5.74) is 0.598. The van der Waals surface area contributed by atoms with Crippen LogP contribution in [0.4, 0.5) is 13.2 Å². The first kappa shape index (κ1) is 16.4. The Balaban J connectivity index is 2.36. The van der Waals surface area contributed by atoms with Crippen LogP contribution in [0.5, 0.6) is 5.75 Å². The van der Waals surface area contributed by atoms with Crippen molar-refractivity contribution in [3.63, 3.8) is 0 Å². The van der Waals surface area contributed by atoms with Crippen molar-refractivity contribution >= 4 is 0 Å². The van der Waals surface area contributed by atoms with E-state index in [1.54, 1.807) is 0 Å². The SMILES string of the molecule is CCCc1ccc(-c2ccc(OCOC)c(F)c2)c(F)c1F. The molecule has 118 valence electrons. The van der Waals surface area contributed by atoms with E-state index in [1.165, 1.54) is 31.4 Å². The molecule has 2 rings (SSSR count). The summed E-state index contributed by atoms with van der Waals surface area (Å²) in [5, 5.41) is 0.